The monoisotopic (exact) mass is 396 g/mol. The number of hydrogen-bond acceptors (Lipinski definition) is 4. The molecule has 2 amide bonds. The Labute approximate surface area is 157 Å². The molecule has 140 valence electrons. The van der Waals surface area contributed by atoms with Crippen LogP contribution in [0, 0.1) is 0 Å². The fourth-order valence-electron chi connectivity index (χ4n) is 2.53. The summed E-state index contributed by atoms with van der Waals surface area (Å²) in [5.41, 5.74) is 0.980. The number of imide groups is 1. The molecule has 1 heterocycles. The van der Waals surface area contributed by atoms with Crippen LogP contribution < -0.4 is 10.1 Å². The average Bonchev–Trinajstić information content (AvgIpc) is 2.80. The fourth-order valence-corrected chi connectivity index (χ4v) is 2.65. The second kappa shape index (κ2) is 6.96. The zero-order valence-electron chi connectivity index (χ0n) is 13.8. The standard InChI is InChI=1S/C18H12ClF3N2O3/c1-24-16(25)14(10-2-4-11(19)5-3-10)15(17(24)26)23-12-6-8-13(9-7-12)27-18(20,21)22/h2-9,23H,1H3. The molecule has 1 aliphatic heterocycles. The van der Waals surface area contributed by atoms with Gasteiger partial charge in [-0.1, -0.05) is 23.7 Å². The second-order valence-corrected chi connectivity index (χ2v) is 6.06. The lowest BCUT2D eigenvalue weighted by atomic mass is 10.0. The number of alkyl halides is 3. The van der Waals surface area contributed by atoms with E-state index in [1.165, 1.54) is 19.2 Å². The molecule has 0 bridgehead atoms. The van der Waals surface area contributed by atoms with Crippen molar-refractivity contribution >= 4 is 34.7 Å². The Kier molecular flexibility index (Phi) is 4.84. The van der Waals surface area contributed by atoms with Gasteiger partial charge in [-0.3, -0.25) is 14.5 Å². The lowest BCUT2D eigenvalue weighted by Gasteiger charge is -2.11. The van der Waals surface area contributed by atoms with Gasteiger partial charge in [-0.25, -0.2) is 0 Å². The van der Waals surface area contributed by atoms with Gasteiger partial charge in [-0.2, -0.15) is 0 Å². The van der Waals surface area contributed by atoms with E-state index in [-0.39, 0.29) is 11.3 Å². The molecule has 0 radical (unpaired) electrons. The van der Waals surface area contributed by atoms with Crippen LogP contribution in [0.15, 0.2) is 54.2 Å². The number of nitrogens with one attached hydrogen (secondary N) is 1. The van der Waals surface area contributed by atoms with E-state index in [4.69, 9.17) is 11.6 Å². The lowest BCUT2D eigenvalue weighted by molar-refractivity contribution is -0.274. The van der Waals surface area contributed by atoms with E-state index in [9.17, 15) is 22.8 Å². The zero-order valence-corrected chi connectivity index (χ0v) is 14.6. The van der Waals surface area contributed by atoms with Crippen LogP contribution in [0.4, 0.5) is 18.9 Å². The summed E-state index contributed by atoms with van der Waals surface area (Å²) >= 11 is 5.85. The van der Waals surface area contributed by atoms with Crippen LogP contribution >= 0.6 is 11.6 Å². The molecule has 27 heavy (non-hydrogen) atoms. The molecule has 0 saturated carbocycles. The topological polar surface area (TPSA) is 58.6 Å². The van der Waals surface area contributed by atoms with Gasteiger partial charge in [0.25, 0.3) is 11.8 Å². The van der Waals surface area contributed by atoms with Crippen molar-refractivity contribution in [2.24, 2.45) is 0 Å². The third kappa shape index (κ3) is 4.06. The van der Waals surface area contributed by atoms with Crippen LogP contribution in [0.2, 0.25) is 5.02 Å². The molecular weight excluding hydrogens is 385 g/mol. The number of likely N-dealkylation sites (N-methyl/N-ethyl adjacent to an activating group) is 1. The Hall–Kier alpha value is -3.00. The highest BCUT2D eigenvalue weighted by molar-refractivity contribution is 6.36. The second-order valence-electron chi connectivity index (χ2n) is 5.62. The van der Waals surface area contributed by atoms with Crippen molar-refractivity contribution in [3.63, 3.8) is 0 Å². The maximum atomic E-state index is 12.4. The van der Waals surface area contributed by atoms with Crippen molar-refractivity contribution in [2.75, 3.05) is 12.4 Å². The Balaban J connectivity index is 1.93. The van der Waals surface area contributed by atoms with E-state index in [1.54, 1.807) is 24.3 Å². The summed E-state index contributed by atoms with van der Waals surface area (Å²) in [7, 11) is 1.34. The molecule has 3 rings (SSSR count). The lowest BCUT2D eigenvalue weighted by Crippen LogP contribution is -2.27. The van der Waals surface area contributed by atoms with Crippen LogP contribution in [-0.2, 0) is 9.59 Å². The number of carbonyl (C=O) groups is 2. The molecule has 0 aromatic heterocycles. The third-order valence-corrected chi connectivity index (χ3v) is 4.03. The summed E-state index contributed by atoms with van der Waals surface area (Å²) < 4.78 is 40.5. The van der Waals surface area contributed by atoms with Crippen molar-refractivity contribution in [1.29, 1.82) is 0 Å². The van der Waals surface area contributed by atoms with E-state index >= 15 is 0 Å². The number of benzene rings is 2. The molecule has 9 heteroatoms. The highest BCUT2D eigenvalue weighted by atomic mass is 35.5. The van der Waals surface area contributed by atoms with Crippen LogP contribution in [-0.4, -0.2) is 30.1 Å². The maximum Gasteiger partial charge on any atom is 0.573 e. The van der Waals surface area contributed by atoms with Crippen LogP contribution in [0.5, 0.6) is 5.75 Å². The van der Waals surface area contributed by atoms with Gasteiger partial charge in [0.1, 0.15) is 11.4 Å². The Morgan fingerprint density at radius 2 is 1.56 bits per heavy atom. The summed E-state index contributed by atoms with van der Waals surface area (Å²) in [6, 6.07) is 11.2. The van der Waals surface area contributed by atoms with Gasteiger partial charge in [-0.15, -0.1) is 13.2 Å². The Bertz CT molecular complexity index is 922. The minimum atomic E-state index is -4.80. The number of rotatable bonds is 4. The number of nitrogens with zero attached hydrogens (tertiary/aromatic N) is 1. The SMILES string of the molecule is CN1C(=O)C(Nc2ccc(OC(F)(F)F)cc2)=C(c2ccc(Cl)cc2)C1=O. The zero-order chi connectivity index (χ0) is 19.8. The van der Waals surface area contributed by atoms with E-state index in [0.29, 0.717) is 16.3 Å². The van der Waals surface area contributed by atoms with Gasteiger partial charge in [0, 0.05) is 17.8 Å². The minimum absolute atomic E-state index is 0.0225. The van der Waals surface area contributed by atoms with Crippen LogP contribution in [0.1, 0.15) is 5.56 Å². The molecule has 0 saturated heterocycles. The Morgan fingerprint density at radius 3 is 2.11 bits per heavy atom. The van der Waals surface area contributed by atoms with Crippen molar-refractivity contribution in [1.82, 2.24) is 4.90 Å². The summed E-state index contributed by atoms with van der Waals surface area (Å²) in [6.45, 7) is 0. The number of amides is 2. The number of carbonyl (C=O) groups excluding carboxylic acids is 2. The molecule has 1 aliphatic rings. The number of halogens is 4. The molecule has 1 N–H and O–H groups in total. The van der Waals surface area contributed by atoms with Crippen molar-refractivity contribution in [2.45, 2.75) is 6.36 Å². The van der Waals surface area contributed by atoms with Crippen LogP contribution in [0.3, 0.4) is 0 Å². The first-order valence-corrected chi connectivity index (χ1v) is 7.99. The van der Waals surface area contributed by atoms with Gasteiger partial charge in [0.15, 0.2) is 0 Å². The van der Waals surface area contributed by atoms with Gasteiger partial charge in [0.2, 0.25) is 0 Å². The highest BCUT2D eigenvalue weighted by Gasteiger charge is 2.37. The van der Waals surface area contributed by atoms with E-state index in [1.807, 2.05) is 0 Å². The first kappa shape index (κ1) is 18.8. The van der Waals surface area contributed by atoms with Crippen molar-refractivity contribution in [3.05, 3.63) is 64.8 Å². The van der Waals surface area contributed by atoms with Crippen LogP contribution in [0.25, 0.3) is 5.57 Å². The molecular formula is C18H12ClF3N2O3. The Morgan fingerprint density at radius 1 is 0.963 bits per heavy atom. The molecule has 0 unspecified atom stereocenters. The van der Waals surface area contributed by atoms with E-state index in [2.05, 4.69) is 10.1 Å². The first-order valence-electron chi connectivity index (χ1n) is 7.61. The molecule has 5 nitrogen and oxygen atoms in total. The van der Waals surface area contributed by atoms with E-state index in [0.717, 1.165) is 17.0 Å². The summed E-state index contributed by atoms with van der Waals surface area (Å²) in [6.07, 6.45) is -4.80. The number of anilines is 1. The summed E-state index contributed by atoms with van der Waals surface area (Å²) in [5.74, 6) is -1.45. The fraction of sp³-hybridized carbons (Fsp3) is 0.111. The van der Waals surface area contributed by atoms with Gasteiger partial charge >= 0.3 is 6.36 Å². The smallest absolute Gasteiger partial charge is 0.406 e. The highest BCUT2D eigenvalue weighted by Crippen LogP contribution is 2.31. The third-order valence-electron chi connectivity index (χ3n) is 3.78. The molecule has 0 spiro atoms. The largest absolute Gasteiger partial charge is 0.573 e. The van der Waals surface area contributed by atoms with Crippen molar-refractivity contribution in [3.8, 4) is 5.75 Å². The van der Waals surface area contributed by atoms with Gasteiger partial charge in [-0.05, 0) is 42.0 Å². The molecule has 2 aromatic carbocycles. The maximum absolute atomic E-state index is 12.4. The molecule has 0 aliphatic carbocycles. The quantitative estimate of drug-likeness (QED) is 0.792. The first-order chi connectivity index (χ1) is 12.7. The van der Waals surface area contributed by atoms with E-state index < -0.39 is 23.9 Å². The van der Waals surface area contributed by atoms with Gasteiger partial charge in [0.05, 0.1) is 5.57 Å². The predicted octanol–water partition coefficient (Wildman–Crippen LogP) is 4.06. The number of hydrogen-bond donors (Lipinski definition) is 1. The minimum Gasteiger partial charge on any atom is -0.406 e. The summed E-state index contributed by atoms with van der Waals surface area (Å²) in [5, 5.41) is 3.27. The molecule has 2 aromatic rings. The normalized spacial score (nSPS) is 14.8. The molecule has 0 atom stereocenters. The van der Waals surface area contributed by atoms with Gasteiger partial charge < -0.3 is 10.1 Å². The predicted molar refractivity (Wildman–Crippen MR) is 92.9 cm³/mol. The molecule has 0 fully saturated rings. The summed E-state index contributed by atoms with van der Waals surface area (Å²) in [4.78, 5) is 25.8. The van der Waals surface area contributed by atoms with Crippen molar-refractivity contribution < 1.29 is 27.5 Å². The average molecular weight is 397 g/mol. The number of ether oxygens (including phenoxy) is 1.